The largest absolute Gasteiger partial charge is 0.393 e. The summed E-state index contributed by atoms with van der Waals surface area (Å²) < 4.78 is 27.0. The van der Waals surface area contributed by atoms with E-state index in [1.54, 1.807) is 24.3 Å². The highest BCUT2D eigenvalue weighted by molar-refractivity contribution is 7.89. The van der Waals surface area contributed by atoms with Gasteiger partial charge in [0.05, 0.1) is 11.9 Å². The third kappa shape index (κ3) is 5.46. The van der Waals surface area contributed by atoms with Crippen LogP contribution >= 0.6 is 0 Å². The summed E-state index contributed by atoms with van der Waals surface area (Å²) in [5.41, 5.74) is 1.25. The molecule has 0 spiro atoms. The van der Waals surface area contributed by atoms with Crippen molar-refractivity contribution < 1.29 is 18.3 Å². The van der Waals surface area contributed by atoms with Crippen LogP contribution in [-0.2, 0) is 15.8 Å². The number of sulfonamides is 1. The van der Waals surface area contributed by atoms with Crippen molar-refractivity contribution in [2.75, 3.05) is 6.54 Å². The van der Waals surface area contributed by atoms with Crippen LogP contribution < -0.4 is 10.0 Å². The number of benzene rings is 1. The Balaban J connectivity index is 1.19. The van der Waals surface area contributed by atoms with Crippen LogP contribution in [0.3, 0.4) is 0 Å². The fourth-order valence-corrected chi connectivity index (χ4v) is 11.7. The Morgan fingerprint density at radius 2 is 1.73 bits per heavy atom. The molecule has 10 atom stereocenters. The molecule has 0 heterocycles. The molecule has 4 saturated carbocycles. The van der Waals surface area contributed by atoms with E-state index < -0.39 is 16.1 Å². The van der Waals surface area contributed by atoms with E-state index in [2.05, 4.69) is 37.7 Å². The summed E-state index contributed by atoms with van der Waals surface area (Å²) in [6, 6.07) is 8.25. The number of hydrogen-bond donors (Lipinski definition) is 3. The zero-order valence-electron chi connectivity index (χ0n) is 25.1. The molecule has 5 rings (SSSR count). The van der Waals surface area contributed by atoms with E-state index in [1.807, 2.05) is 6.07 Å². The number of carbonyl (C=O) groups excluding carboxylic acids is 1. The molecule has 3 N–H and O–H groups in total. The van der Waals surface area contributed by atoms with Crippen molar-refractivity contribution in [3.8, 4) is 0 Å². The summed E-state index contributed by atoms with van der Waals surface area (Å²) >= 11 is 0. The third-order valence-corrected chi connectivity index (χ3v) is 13.6. The van der Waals surface area contributed by atoms with E-state index in [1.165, 1.54) is 51.4 Å². The summed E-state index contributed by atoms with van der Waals surface area (Å²) in [6.07, 6.45) is 11.9. The minimum atomic E-state index is -3.75. The molecular weight excluding hydrogens is 520 g/mol. The van der Waals surface area contributed by atoms with Gasteiger partial charge in [-0.05, 0) is 103 Å². The van der Waals surface area contributed by atoms with E-state index in [-0.39, 0.29) is 17.3 Å². The summed E-state index contributed by atoms with van der Waals surface area (Å²) in [5.74, 6) is 3.52. The van der Waals surface area contributed by atoms with E-state index >= 15 is 0 Å². The summed E-state index contributed by atoms with van der Waals surface area (Å²) in [6.45, 7) is 10.1. The average molecular weight is 573 g/mol. The molecule has 7 heteroatoms. The Morgan fingerprint density at radius 1 is 1.00 bits per heavy atom. The SMILES string of the molecule is CC[C@H]1[C@@H](O)[C@@H]2[C@H](CC[C@]3(C)[C@@H]([C@H](C)CCNC(=O)NS(=O)(=O)Cc4ccccc4)CC[C@@H]23)[C@@]2(C)CCCC[C@@H]12. The van der Waals surface area contributed by atoms with Gasteiger partial charge in [0.2, 0.25) is 10.0 Å². The number of fused-ring (bicyclic) bond motifs is 5. The van der Waals surface area contributed by atoms with Crippen molar-refractivity contribution in [2.24, 2.45) is 52.3 Å². The summed E-state index contributed by atoms with van der Waals surface area (Å²) in [7, 11) is -3.75. The smallest absolute Gasteiger partial charge is 0.328 e. The molecule has 0 bridgehead atoms. The van der Waals surface area contributed by atoms with Gasteiger partial charge in [0.15, 0.2) is 0 Å². The first kappa shape index (κ1) is 29.9. The quantitative estimate of drug-likeness (QED) is 0.331. The van der Waals surface area contributed by atoms with Crippen LogP contribution in [0.1, 0.15) is 97.5 Å². The summed E-state index contributed by atoms with van der Waals surface area (Å²) in [4.78, 5) is 12.4. The first-order valence-corrected chi connectivity index (χ1v) is 17.7. The molecule has 0 radical (unpaired) electrons. The van der Waals surface area contributed by atoms with Gasteiger partial charge in [0.25, 0.3) is 0 Å². The predicted octanol–water partition coefficient (Wildman–Crippen LogP) is 6.50. The highest BCUT2D eigenvalue weighted by Gasteiger charge is 2.64. The molecule has 40 heavy (non-hydrogen) atoms. The topological polar surface area (TPSA) is 95.5 Å². The Bertz CT molecular complexity index is 1140. The van der Waals surface area contributed by atoms with Crippen LogP contribution in [-0.4, -0.2) is 32.2 Å². The molecule has 0 aliphatic heterocycles. The molecule has 2 amide bonds. The van der Waals surface area contributed by atoms with E-state index in [9.17, 15) is 18.3 Å². The molecule has 0 saturated heterocycles. The Morgan fingerprint density at radius 3 is 2.45 bits per heavy atom. The molecule has 1 aromatic rings. The number of urea groups is 1. The van der Waals surface area contributed by atoms with Crippen LogP contribution in [0.25, 0.3) is 0 Å². The van der Waals surface area contributed by atoms with E-state index in [4.69, 9.17) is 0 Å². The molecule has 4 aliphatic rings. The predicted molar refractivity (Wildman–Crippen MR) is 160 cm³/mol. The van der Waals surface area contributed by atoms with Crippen molar-refractivity contribution in [2.45, 2.75) is 104 Å². The first-order chi connectivity index (χ1) is 19.0. The molecular formula is C33H52N2O4S. The lowest BCUT2D eigenvalue weighted by molar-refractivity contribution is -0.194. The average Bonchev–Trinajstić information content (AvgIpc) is 3.26. The molecule has 0 aromatic heterocycles. The minimum Gasteiger partial charge on any atom is -0.393 e. The zero-order chi connectivity index (χ0) is 28.7. The van der Waals surface area contributed by atoms with Gasteiger partial charge in [-0.1, -0.05) is 77.3 Å². The van der Waals surface area contributed by atoms with E-state index in [0.29, 0.717) is 58.9 Å². The van der Waals surface area contributed by atoms with Gasteiger partial charge in [-0.15, -0.1) is 0 Å². The second-order valence-corrected chi connectivity index (χ2v) is 16.0. The minimum absolute atomic E-state index is 0.173. The van der Waals surface area contributed by atoms with Gasteiger partial charge in [0, 0.05) is 6.54 Å². The number of rotatable bonds is 8. The van der Waals surface area contributed by atoms with Crippen LogP contribution in [0.4, 0.5) is 4.79 Å². The lowest BCUT2D eigenvalue weighted by Gasteiger charge is -2.64. The number of aliphatic hydroxyl groups excluding tert-OH is 1. The molecule has 224 valence electrons. The van der Waals surface area contributed by atoms with Gasteiger partial charge in [0.1, 0.15) is 0 Å². The number of nitrogens with one attached hydrogen (secondary N) is 2. The maximum atomic E-state index is 12.4. The number of aliphatic hydroxyl groups is 1. The lowest BCUT2D eigenvalue weighted by Crippen LogP contribution is -2.61. The van der Waals surface area contributed by atoms with Gasteiger partial charge < -0.3 is 10.4 Å². The maximum absolute atomic E-state index is 12.4. The van der Waals surface area contributed by atoms with Crippen molar-refractivity contribution >= 4 is 16.1 Å². The zero-order valence-corrected chi connectivity index (χ0v) is 25.9. The Labute approximate surface area is 242 Å². The number of hydrogen-bond acceptors (Lipinski definition) is 4. The highest BCUT2D eigenvalue weighted by Crippen LogP contribution is 2.69. The Kier molecular flexibility index (Phi) is 8.65. The van der Waals surface area contributed by atoms with Crippen LogP contribution in [0, 0.1) is 52.3 Å². The second kappa shape index (κ2) is 11.6. The van der Waals surface area contributed by atoms with Crippen molar-refractivity contribution in [1.82, 2.24) is 10.0 Å². The van der Waals surface area contributed by atoms with Gasteiger partial charge >= 0.3 is 6.03 Å². The normalized spacial score (nSPS) is 39.9. The van der Waals surface area contributed by atoms with Crippen LogP contribution in [0.2, 0.25) is 0 Å². The molecule has 6 nitrogen and oxygen atoms in total. The standard InChI is InChI=1S/C33H52N2O4S/c1-5-24-26-13-9-10-18-32(26,3)28-16-19-33(4)25(14-15-27(33)29(28)30(24)36)22(2)17-20-34-31(37)35-40(38,39)21-23-11-7-6-8-12-23/h6-8,11-12,22,24-30,36H,5,9-10,13-21H2,1-4H3,(H2,34,35,37)/t22-,24-,25-,26+,27+,28+,29+,30-,32+,33-/m1/s1. The van der Waals surface area contributed by atoms with Gasteiger partial charge in [-0.2, -0.15) is 0 Å². The second-order valence-electron chi connectivity index (χ2n) is 14.3. The lowest BCUT2D eigenvalue weighted by atomic mass is 9.41. The van der Waals surface area contributed by atoms with Crippen molar-refractivity contribution in [3.63, 3.8) is 0 Å². The van der Waals surface area contributed by atoms with Gasteiger partial charge in [-0.3, -0.25) is 0 Å². The molecule has 4 aliphatic carbocycles. The Hall–Kier alpha value is -1.60. The van der Waals surface area contributed by atoms with Gasteiger partial charge in [-0.25, -0.2) is 17.9 Å². The molecule has 0 unspecified atom stereocenters. The third-order valence-electron chi connectivity index (χ3n) is 12.4. The molecule has 4 fully saturated rings. The fourth-order valence-electron chi connectivity index (χ4n) is 10.6. The highest BCUT2D eigenvalue weighted by atomic mass is 32.2. The number of carbonyl (C=O) groups is 1. The molecule has 1 aromatic carbocycles. The van der Waals surface area contributed by atoms with E-state index in [0.717, 1.165) is 12.8 Å². The van der Waals surface area contributed by atoms with Crippen molar-refractivity contribution in [3.05, 3.63) is 35.9 Å². The maximum Gasteiger partial charge on any atom is 0.328 e. The monoisotopic (exact) mass is 572 g/mol. The van der Waals surface area contributed by atoms with Crippen molar-refractivity contribution in [1.29, 1.82) is 0 Å². The number of amides is 2. The fraction of sp³-hybridized carbons (Fsp3) is 0.788. The van der Waals surface area contributed by atoms with Crippen LogP contribution in [0.15, 0.2) is 30.3 Å². The summed E-state index contributed by atoms with van der Waals surface area (Å²) in [5, 5.41) is 14.7. The first-order valence-electron chi connectivity index (χ1n) is 16.0. The van der Waals surface area contributed by atoms with Crippen LogP contribution in [0.5, 0.6) is 0 Å².